The number of allylic oxidation sites excluding steroid dienone is 1. The Hall–Kier alpha value is -0.340. The number of unbranched alkanes of at least 4 members (excludes halogenated alkanes) is 1. The molecule has 0 aliphatic rings. The monoisotopic (exact) mass is 199 g/mol. The molecular weight excluding hydrogens is 174 g/mol. The van der Waals surface area contributed by atoms with Crippen molar-refractivity contribution in [1.29, 1.82) is 0 Å². The summed E-state index contributed by atoms with van der Waals surface area (Å²) in [5.41, 5.74) is 0. The van der Waals surface area contributed by atoms with Gasteiger partial charge in [0, 0.05) is 13.2 Å². The Morgan fingerprint density at radius 3 is 2.57 bits per heavy atom. The largest absolute Gasteiger partial charge is 0.382 e. The molecule has 0 aromatic carbocycles. The van der Waals surface area contributed by atoms with E-state index in [-0.39, 0.29) is 0 Å². The highest BCUT2D eigenvalue weighted by Gasteiger charge is 2.07. The van der Waals surface area contributed by atoms with Crippen LogP contribution in [0.4, 0.5) is 0 Å². The van der Waals surface area contributed by atoms with Crippen LogP contribution in [0.15, 0.2) is 12.7 Å². The van der Waals surface area contributed by atoms with Gasteiger partial charge < -0.3 is 10.1 Å². The maximum absolute atomic E-state index is 5.23. The van der Waals surface area contributed by atoms with Gasteiger partial charge in [0.05, 0.1) is 6.10 Å². The molecule has 1 N–H and O–H groups in total. The Balaban J connectivity index is 3.51. The average molecular weight is 199 g/mol. The zero-order valence-corrected chi connectivity index (χ0v) is 9.88. The molecular formula is C12H25NO. The fraction of sp³-hybridized carbons (Fsp3) is 0.833. The maximum atomic E-state index is 5.23. The first kappa shape index (κ1) is 13.7. The molecule has 0 aliphatic carbocycles. The van der Waals surface area contributed by atoms with Crippen molar-refractivity contribution in [1.82, 2.24) is 5.32 Å². The summed E-state index contributed by atoms with van der Waals surface area (Å²) in [5, 5.41) is 3.35. The van der Waals surface area contributed by atoms with Crippen LogP contribution < -0.4 is 5.32 Å². The molecule has 0 fully saturated rings. The van der Waals surface area contributed by atoms with Crippen molar-refractivity contribution < 1.29 is 4.74 Å². The lowest BCUT2D eigenvalue weighted by Crippen LogP contribution is -2.26. The molecule has 0 aromatic rings. The minimum atomic E-state index is 0.380. The zero-order chi connectivity index (χ0) is 10.8. The first-order chi connectivity index (χ1) is 6.74. The average Bonchev–Trinajstić information content (AvgIpc) is 2.22. The van der Waals surface area contributed by atoms with Gasteiger partial charge in [-0.1, -0.05) is 6.08 Å². The molecule has 2 atom stereocenters. The number of hydrogen-bond acceptors (Lipinski definition) is 2. The summed E-state index contributed by atoms with van der Waals surface area (Å²) in [6.45, 7) is 5.85. The van der Waals surface area contributed by atoms with Crippen molar-refractivity contribution in [3.05, 3.63) is 12.7 Å². The third-order valence-corrected chi connectivity index (χ3v) is 2.69. The summed E-state index contributed by atoms with van der Waals surface area (Å²) in [5.74, 6) is 0. The highest BCUT2D eigenvalue weighted by molar-refractivity contribution is 4.71. The van der Waals surface area contributed by atoms with Gasteiger partial charge in [0.2, 0.25) is 0 Å². The van der Waals surface area contributed by atoms with Crippen LogP contribution in [0.25, 0.3) is 0 Å². The molecule has 0 radical (unpaired) electrons. The van der Waals surface area contributed by atoms with Gasteiger partial charge in [-0.3, -0.25) is 0 Å². The third kappa shape index (κ3) is 7.10. The molecule has 0 heterocycles. The van der Waals surface area contributed by atoms with Crippen LogP contribution in [0.1, 0.15) is 39.0 Å². The Bertz CT molecular complexity index is 136. The summed E-state index contributed by atoms with van der Waals surface area (Å²) < 4.78 is 5.23. The van der Waals surface area contributed by atoms with Crippen LogP contribution in [0.2, 0.25) is 0 Å². The van der Waals surface area contributed by atoms with Gasteiger partial charge >= 0.3 is 0 Å². The van der Waals surface area contributed by atoms with Crippen LogP contribution >= 0.6 is 0 Å². The van der Waals surface area contributed by atoms with Crippen molar-refractivity contribution in [3.63, 3.8) is 0 Å². The molecule has 0 saturated heterocycles. The van der Waals surface area contributed by atoms with Gasteiger partial charge in [0.1, 0.15) is 0 Å². The van der Waals surface area contributed by atoms with E-state index in [4.69, 9.17) is 4.74 Å². The van der Waals surface area contributed by atoms with E-state index in [9.17, 15) is 0 Å². The van der Waals surface area contributed by atoms with Crippen molar-refractivity contribution in [2.75, 3.05) is 14.2 Å². The van der Waals surface area contributed by atoms with Crippen LogP contribution in [-0.2, 0) is 4.74 Å². The minimum Gasteiger partial charge on any atom is -0.382 e. The molecule has 0 aromatic heterocycles. The standard InChI is InChI=1S/C12H25NO/c1-5-6-7-8-12(13-3)10-9-11(2)14-4/h5,11-13H,1,6-10H2,2-4H3. The number of nitrogens with one attached hydrogen (secondary N) is 1. The van der Waals surface area contributed by atoms with Gasteiger partial charge in [-0.2, -0.15) is 0 Å². The Morgan fingerprint density at radius 1 is 1.36 bits per heavy atom. The highest BCUT2D eigenvalue weighted by Crippen LogP contribution is 2.09. The predicted octanol–water partition coefficient (Wildman–Crippen LogP) is 2.75. The van der Waals surface area contributed by atoms with Gasteiger partial charge in [0.15, 0.2) is 0 Å². The lowest BCUT2D eigenvalue weighted by atomic mass is 10.0. The SMILES string of the molecule is C=CCCCC(CCC(C)OC)NC. The second-order valence-electron chi connectivity index (χ2n) is 3.83. The molecule has 0 spiro atoms. The second kappa shape index (κ2) is 9.22. The lowest BCUT2D eigenvalue weighted by Gasteiger charge is -2.17. The van der Waals surface area contributed by atoms with Gasteiger partial charge in [0.25, 0.3) is 0 Å². The van der Waals surface area contributed by atoms with E-state index >= 15 is 0 Å². The van der Waals surface area contributed by atoms with Crippen LogP contribution in [-0.4, -0.2) is 26.3 Å². The normalized spacial score (nSPS) is 15.1. The fourth-order valence-corrected chi connectivity index (χ4v) is 1.50. The summed E-state index contributed by atoms with van der Waals surface area (Å²) in [7, 11) is 3.81. The summed E-state index contributed by atoms with van der Waals surface area (Å²) in [6, 6.07) is 0.632. The molecule has 14 heavy (non-hydrogen) atoms. The lowest BCUT2D eigenvalue weighted by molar-refractivity contribution is 0.106. The first-order valence-corrected chi connectivity index (χ1v) is 5.55. The second-order valence-corrected chi connectivity index (χ2v) is 3.83. The summed E-state index contributed by atoms with van der Waals surface area (Å²) >= 11 is 0. The Morgan fingerprint density at radius 2 is 2.07 bits per heavy atom. The topological polar surface area (TPSA) is 21.3 Å². The summed E-state index contributed by atoms with van der Waals surface area (Å²) in [4.78, 5) is 0. The van der Waals surface area contributed by atoms with Crippen LogP contribution in [0.5, 0.6) is 0 Å². The van der Waals surface area contributed by atoms with Crippen molar-refractivity contribution in [2.45, 2.75) is 51.2 Å². The molecule has 0 saturated carbocycles. The van der Waals surface area contributed by atoms with Gasteiger partial charge in [-0.15, -0.1) is 6.58 Å². The third-order valence-electron chi connectivity index (χ3n) is 2.69. The molecule has 84 valence electrons. The molecule has 0 aliphatic heterocycles. The van der Waals surface area contributed by atoms with E-state index in [0.29, 0.717) is 12.1 Å². The molecule has 2 unspecified atom stereocenters. The maximum Gasteiger partial charge on any atom is 0.0543 e. The fourth-order valence-electron chi connectivity index (χ4n) is 1.50. The molecule has 0 amide bonds. The van der Waals surface area contributed by atoms with E-state index in [2.05, 4.69) is 18.8 Å². The number of rotatable bonds is 9. The number of hydrogen-bond donors (Lipinski definition) is 1. The number of ether oxygens (including phenoxy) is 1. The molecule has 2 heteroatoms. The van der Waals surface area contributed by atoms with Crippen LogP contribution in [0.3, 0.4) is 0 Å². The Labute approximate surface area is 88.7 Å². The van der Waals surface area contributed by atoms with Crippen molar-refractivity contribution in [2.24, 2.45) is 0 Å². The quantitative estimate of drug-likeness (QED) is 0.455. The molecule has 0 bridgehead atoms. The summed E-state index contributed by atoms with van der Waals surface area (Å²) in [6.07, 6.45) is 8.29. The van der Waals surface area contributed by atoms with E-state index in [0.717, 1.165) is 12.8 Å². The Kier molecular flexibility index (Phi) is 9.00. The highest BCUT2D eigenvalue weighted by atomic mass is 16.5. The van der Waals surface area contributed by atoms with Crippen LogP contribution in [0, 0.1) is 0 Å². The first-order valence-electron chi connectivity index (χ1n) is 5.55. The van der Waals surface area contributed by atoms with Crippen molar-refractivity contribution >= 4 is 0 Å². The van der Waals surface area contributed by atoms with E-state index in [1.54, 1.807) is 7.11 Å². The van der Waals surface area contributed by atoms with Gasteiger partial charge in [-0.25, -0.2) is 0 Å². The number of methoxy groups -OCH3 is 1. The minimum absolute atomic E-state index is 0.380. The van der Waals surface area contributed by atoms with E-state index < -0.39 is 0 Å². The van der Waals surface area contributed by atoms with E-state index in [1.165, 1.54) is 19.3 Å². The van der Waals surface area contributed by atoms with E-state index in [1.807, 2.05) is 13.1 Å². The smallest absolute Gasteiger partial charge is 0.0543 e. The molecule has 2 nitrogen and oxygen atoms in total. The van der Waals surface area contributed by atoms with Gasteiger partial charge in [-0.05, 0) is 46.1 Å². The molecule has 0 rings (SSSR count). The zero-order valence-electron chi connectivity index (χ0n) is 9.88. The van der Waals surface area contributed by atoms with Crippen molar-refractivity contribution in [3.8, 4) is 0 Å². The predicted molar refractivity (Wildman–Crippen MR) is 62.6 cm³/mol.